The molecule has 0 aliphatic rings. The van der Waals surface area contributed by atoms with Crippen LogP contribution in [0.15, 0.2) is 11.0 Å². The fraction of sp³-hybridized carbons (Fsp3) is 0.364. The fourth-order valence-electron chi connectivity index (χ4n) is 1.85. The van der Waals surface area contributed by atoms with E-state index in [9.17, 15) is 9.59 Å². The van der Waals surface area contributed by atoms with Crippen LogP contribution in [0, 0.1) is 6.92 Å². The quantitative estimate of drug-likeness (QED) is 0.610. The standard InChI is InChI=1S/C11H15N5O3/c1-6-3-12-8(13-6)5-16(2)4-7-9(10(17)18)15-11(19)14-7/h3H,4-5H2,1-2H3,(H,12,13)(H,17,18)(H2,14,15,19). The van der Waals surface area contributed by atoms with Crippen molar-refractivity contribution in [3.05, 3.63) is 39.6 Å². The molecule has 0 aromatic carbocycles. The minimum absolute atomic E-state index is 0.104. The van der Waals surface area contributed by atoms with Crippen molar-refractivity contribution in [2.24, 2.45) is 0 Å². The molecule has 0 spiro atoms. The summed E-state index contributed by atoms with van der Waals surface area (Å²) >= 11 is 0. The van der Waals surface area contributed by atoms with E-state index in [0.717, 1.165) is 11.5 Å². The van der Waals surface area contributed by atoms with Crippen molar-refractivity contribution in [1.82, 2.24) is 24.8 Å². The lowest BCUT2D eigenvalue weighted by molar-refractivity contribution is 0.0688. The SMILES string of the molecule is Cc1cnc(CN(C)Cc2[nH]c(=O)[nH]c2C(=O)O)[nH]1. The third-order valence-corrected chi connectivity index (χ3v) is 2.62. The minimum Gasteiger partial charge on any atom is -0.477 e. The van der Waals surface area contributed by atoms with Crippen LogP contribution in [0.2, 0.25) is 0 Å². The molecule has 8 heteroatoms. The van der Waals surface area contributed by atoms with Crippen molar-refractivity contribution in [2.75, 3.05) is 7.05 Å². The second-order valence-corrected chi connectivity index (χ2v) is 4.42. The topological polar surface area (TPSA) is 118 Å². The molecule has 0 aliphatic heterocycles. The van der Waals surface area contributed by atoms with E-state index < -0.39 is 11.7 Å². The highest BCUT2D eigenvalue weighted by Crippen LogP contribution is 2.06. The van der Waals surface area contributed by atoms with E-state index in [4.69, 9.17) is 5.11 Å². The maximum Gasteiger partial charge on any atom is 0.354 e. The number of nitrogens with zero attached hydrogens (tertiary/aromatic N) is 2. The summed E-state index contributed by atoms with van der Waals surface area (Å²) in [5.41, 5.74) is 0.690. The first-order valence-electron chi connectivity index (χ1n) is 5.69. The largest absolute Gasteiger partial charge is 0.477 e. The zero-order valence-corrected chi connectivity index (χ0v) is 10.6. The van der Waals surface area contributed by atoms with Crippen LogP contribution in [0.5, 0.6) is 0 Å². The molecule has 8 nitrogen and oxygen atoms in total. The van der Waals surface area contributed by atoms with Gasteiger partial charge in [-0.15, -0.1) is 0 Å². The number of nitrogens with one attached hydrogen (secondary N) is 3. The average molecular weight is 265 g/mol. The number of aromatic carboxylic acids is 1. The maximum atomic E-state index is 11.1. The van der Waals surface area contributed by atoms with Crippen molar-refractivity contribution >= 4 is 5.97 Å². The molecule has 102 valence electrons. The van der Waals surface area contributed by atoms with E-state index in [1.807, 2.05) is 18.9 Å². The van der Waals surface area contributed by atoms with Gasteiger partial charge in [0.05, 0.1) is 12.2 Å². The van der Waals surface area contributed by atoms with E-state index in [-0.39, 0.29) is 5.69 Å². The van der Waals surface area contributed by atoms with Crippen LogP contribution < -0.4 is 5.69 Å². The van der Waals surface area contributed by atoms with Gasteiger partial charge in [-0.2, -0.15) is 0 Å². The predicted molar refractivity (Wildman–Crippen MR) is 66.9 cm³/mol. The Morgan fingerprint density at radius 2 is 2.11 bits per heavy atom. The van der Waals surface area contributed by atoms with Crippen LogP contribution in [0.1, 0.15) is 27.7 Å². The predicted octanol–water partition coefficient (Wildman–Crippen LogP) is 0.0647. The molecule has 0 fully saturated rings. The Balaban J connectivity index is 2.08. The molecular weight excluding hydrogens is 250 g/mol. The van der Waals surface area contributed by atoms with Crippen molar-refractivity contribution in [3.8, 4) is 0 Å². The normalized spacial score (nSPS) is 11.1. The van der Waals surface area contributed by atoms with Crippen LogP contribution in [-0.2, 0) is 13.1 Å². The number of aryl methyl sites for hydroxylation is 1. The Morgan fingerprint density at radius 1 is 1.37 bits per heavy atom. The summed E-state index contributed by atoms with van der Waals surface area (Å²) in [5.74, 6) is -0.370. The second kappa shape index (κ2) is 5.11. The third kappa shape index (κ3) is 3.10. The Hall–Kier alpha value is -2.35. The van der Waals surface area contributed by atoms with Crippen LogP contribution in [0.25, 0.3) is 0 Å². The van der Waals surface area contributed by atoms with Gasteiger partial charge in [-0.05, 0) is 14.0 Å². The number of hydrogen-bond acceptors (Lipinski definition) is 4. The van der Waals surface area contributed by atoms with Crippen LogP contribution in [-0.4, -0.2) is 43.0 Å². The van der Waals surface area contributed by atoms with E-state index in [1.54, 1.807) is 6.20 Å². The lowest BCUT2D eigenvalue weighted by atomic mass is 10.3. The summed E-state index contributed by atoms with van der Waals surface area (Å²) in [4.78, 5) is 35.9. The number of carboxylic acid groups (broad SMARTS) is 1. The monoisotopic (exact) mass is 265 g/mol. The first kappa shape index (κ1) is 13.1. The molecule has 0 aliphatic carbocycles. The summed E-state index contributed by atoms with van der Waals surface area (Å²) in [6.45, 7) is 2.74. The van der Waals surface area contributed by atoms with Gasteiger partial charge in [0, 0.05) is 18.4 Å². The Labute approximate surface area is 108 Å². The molecule has 0 saturated carbocycles. The number of H-pyrrole nitrogens is 3. The summed E-state index contributed by atoms with van der Waals surface area (Å²) in [6, 6.07) is 0. The zero-order valence-electron chi connectivity index (χ0n) is 10.6. The number of carboxylic acids is 1. The number of hydrogen-bond donors (Lipinski definition) is 4. The highest BCUT2D eigenvalue weighted by Gasteiger charge is 2.16. The molecule has 0 amide bonds. The van der Waals surface area contributed by atoms with Gasteiger partial charge in [0.25, 0.3) is 0 Å². The van der Waals surface area contributed by atoms with Crippen molar-refractivity contribution in [2.45, 2.75) is 20.0 Å². The van der Waals surface area contributed by atoms with Gasteiger partial charge >= 0.3 is 11.7 Å². The molecule has 0 radical (unpaired) electrons. The molecule has 2 aromatic heterocycles. The van der Waals surface area contributed by atoms with Gasteiger partial charge in [0.15, 0.2) is 0 Å². The lowest BCUT2D eigenvalue weighted by Gasteiger charge is -2.14. The second-order valence-electron chi connectivity index (χ2n) is 4.42. The minimum atomic E-state index is -1.16. The molecule has 0 unspecified atom stereocenters. The first-order chi connectivity index (χ1) is 8.95. The van der Waals surface area contributed by atoms with Gasteiger partial charge in [-0.3, -0.25) is 9.88 Å². The third-order valence-electron chi connectivity index (χ3n) is 2.62. The van der Waals surface area contributed by atoms with Crippen molar-refractivity contribution in [3.63, 3.8) is 0 Å². The number of carbonyl (C=O) groups is 1. The summed E-state index contributed by atoms with van der Waals surface area (Å²) in [6.07, 6.45) is 1.73. The maximum absolute atomic E-state index is 11.1. The molecule has 0 bridgehead atoms. The Morgan fingerprint density at radius 3 is 2.68 bits per heavy atom. The first-order valence-corrected chi connectivity index (χ1v) is 5.69. The zero-order chi connectivity index (χ0) is 14.0. The number of rotatable bonds is 5. The Kier molecular flexibility index (Phi) is 3.52. The number of aromatic nitrogens is 4. The highest BCUT2D eigenvalue weighted by molar-refractivity contribution is 5.86. The van der Waals surface area contributed by atoms with Gasteiger partial charge in [-0.1, -0.05) is 0 Å². The molecule has 19 heavy (non-hydrogen) atoms. The van der Waals surface area contributed by atoms with Crippen molar-refractivity contribution in [1.29, 1.82) is 0 Å². The molecule has 0 saturated heterocycles. The lowest BCUT2D eigenvalue weighted by Crippen LogP contribution is -2.20. The molecule has 2 heterocycles. The Bertz CT molecular complexity index is 639. The van der Waals surface area contributed by atoms with E-state index in [1.165, 1.54) is 0 Å². The summed E-state index contributed by atoms with van der Waals surface area (Å²) < 4.78 is 0. The van der Waals surface area contributed by atoms with Gasteiger partial charge < -0.3 is 15.1 Å². The van der Waals surface area contributed by atoms with Gasteiger partial charge in [0.1, 0.15) is 11.5 Å². The molecule has 2 rings (SSSR count). The average Bonchev–Trinajstić information content (AvgIpc) is 2.85. The van der Waals surface area contributed by atoms with Crippen LogP contribution in [0.3, 0.4) is 0 Å². The molecule has 2 aromatic rings. The summed E-state index contributed by atoms with van der Waals surface area (Å²) in [7, 11) is 1.81. The van der Waals surface area contributed by atoms with Crippen LogP contribution >= 0.6 is 0 Å². The van der Waals surface area contributed by atoms with E-state index in [2.05, 4.69) is 19.9 Å². The van der Waals surface area contributed by atoms with Crippen molar-refractivity contribution < 1.29 is 9.90 Å². The molecule has 0 atom stereocenters. The smallest absolute Gasteiger partial charge is 0.354 e. The van der Waals surface area contributed by atoms with Gasteiger partial charge in [0.2, 0.25) is 0 Å². The van der Waals surface area contributed by atoms with Gasteiger partial charge in [-0.25, -0.2) is 14.6 Å². The van der Waals surface area contributed by atoms with E-state index in [0.29, 0.717) is 18.8 Å². The highest BCUT2D eigenvalue weighted by atomic mass is 16.4. The summed E-state index contributed by atoms with van der Waals surface area (Å²) in [5, 5.41) is 8.96. The number of aromatic amines is 3. The molecule has 4 N–H and O–H groups in total. The molecular formula is C11H15N5O3. The fourth-order valence-corrected chi connectivity index (χ4v) is 1.85. The number of imidazole rings is 2. The van der Waals surface area contributed by atoms with Crippen LogP contribution in [0.4, 0.5) is 0 Å². The van der Waals surface area contributed by atoms with E-state index >= 15 is 0 Å².